The molecule has 3 unspecified atom stereocenters. The minimum absolute atomic E-state index is 0.0735. The third-order valence-corrected chi connectivity index (χ3v) is 9.42. The number of aromatic hydroxyl groups is 1. The highest BCUT2D eigenvalue weighted by Gasteiger charge is 2.80. The maximum atomic E-state index is 14.2. The minimum atomic E-state index is -2.94. The number of phenols is 1. The van der Waals surface area contributed by atoms with Crippen molar-refractivity contribution in [3.8, 4) is 5.75 Å². The molecule has 1 aromatic carbocycles. The zero-order valence-electron chi connectivity index (χ0n) is 21.0. The number of carbonyl (C=O) groups is 5. The first kappa shape index (κ1) is 25.4. The summed E-state index contributed by atoms with van der Waals surface area (Å²) in [7, 11) is 0. The quantitative estimate of drug-likeness (QED) is 0.540. The lowest BCUT2D eigenvalue weighted by molar-refractivity contribution is -0.240. The van der Waals surface area contributed by atoms with E-state index in [0.29, 0.717) is 11.1 Å². The van der Waals surface area contributed by atoms with E-state index in [2.05, 4.69) is 0 Å². The second-order valence-electron chi connectivity index (χ2n) is 11.4. The Labute approximate surface area is 203 Å². The van der Waals surface area contributed by atoms with Crippen LogP contribution in [0.15, 0.2) is 12.1 Å². The first-order chi connectivity index (χ1) is 16.0. The standard InChI is InChI=1S/C27H32O8/c1-10(2)18-20(30)16(13(5)28)22(32)27(35)23(33)19-21(31)17-14(29)9-8-11(3)15(17)12(4)25(19,6)24(34)26(18,27)7/h8-10,12,16,18-19,24,29,34-35H,1-7H3/t12-,16?,18?,19?,24-,25+,26+,27+/m1/s1. The molecule has 3 aliphatic carbocycles. The molecule has 188 valence electrons. The number of carbonyl (C=O) groups excluding carboxylic acids is 5. The number of phenolic OH excluding ortho intramolecular Hbond substituents is 1. The molecule has 8 atom stereocenters. The van der Waals surface area contributed by atoms with Crippen molar-refractivity contribution in [1.82, 2.24) is 0 Å². The first-order valence-corrected chi connectivity index (χ1v) is 11.9. The summed E-state index contributed by atoms with van der Waals surface area (Å²) in [4.78, 5) is 67.5. The zero-order chi connectivity index (χ0) is 26.6. The van der Waals surface area contributed by atoms with Crippen molar-refractivity contribution in [1.29, 1.82) is 0 Å². The van der Waals surface area contributed by atoms with Crippen molar-refractivity contribution in [2.45, 2.75) is 66.1 Å². The lowest BCUT2D eigenvalue weighted by Gasteiger charge is -2.65. The number of hydrogen-bond acceptors (Lipinski definition) is 8. The number of aliphatic hydroxyl groups excluding tert-OH is 1. The van der Waals surface area contributed by atoms with Gasteiger partial charge >= 0.3 is 0 Å². The number of aryl methyl sites for hydroxylation is 1. The van der Waals surface area contributed by atoms with Crippen LogP contribution in [0.4, 0.5) is 0 Å². The summed E-state index contributed by atoms with van der Waals surface area (Å²) in [5.41, 5.74) is -5.35. The van der Waals surface area contributed by atoms with E-state index in [9.17, 15) is 39.3 Å². The van der Waals surface area contributed by atoms with E-state index in [1.54, 1.807) is 40.7 Å². The summed E-state index contributed by atoms with van der Waals surface area (Å²) >= 11 is 0. The summed E-state index contributed by atoms with van der Waals surface area (Å²) in [6.45, 7) is 10.8. The molecule has 2 fully saturated rings. The van der Waals surface area contributed by atoms with Crippen molar-refractivity contribution in [3.05, 3.63) is 28.8 Å². The number of ketones is 5. The minimum Gasteiger partial charge on any atom is -0.507 e. The molecule has 0 amide bonds. The molecule has 35 heavy (non-hydrogen) atoms. The van der Waals surface area contributed by atoms with Gasteiger partial charge in [0.15, 0.2) is 28.7 Å². The molecule has 0 bridgehead atoms. The van der Waals surface area contributed by atoms with E-state index in [4.69, 9.17) is 0 Å². The molecule has 0 aliphatic heterocycles. The van der Waals surface area contributed by atoms with Crippen molar-refractivity contribution >= 4 is 28.9 Å². The van der Waals surface area contributed by atoms with Crippen LogP contribution < -0.4 is 0 Å². The second-order valence-corrected chi connectivity index (χ2v) is 11.4. The third kappa shape index (κ3) is 2.62. The molecule has 0 spiro atoms. The molecule has 8 nitrogen and oxygen atoms in total. The normalized spacial score (nSPS) is 40.9. The lowest BCUT2D eigenvalue weighted by atomic mass is 9.37. The Hall–Kier alpha value is -2.71. The fraction of sp³-hybridized carbons (Fsp3) is 0.593. The van der Waals surface area contributed by atoms with Crippen LogP contribution in [0.25, 0.3) is 0 Å². The van der Waals surface area contributed by atoms with Gasteiger partial charge in [-0.05, 0) is 42.9 Å². The van der Waals surface area contributed by atoms with Crippen LogP contribution in [0.3, 0.4) is 0 Å². The van der Waals surface area contributed by atoms with Crippen LogP contribution in [-0.2, 0) is 19.2 Å². The molecule has 3 N–H and O–H groups in total. The molecular formula is C27H32O8. The Morgan fingerprint density at radius 3 is 2.14 bits per heavy atom. The molecular weight excluding hydrogens is 452 g/mol. The molecule has 0 heterocycles. The number of rotatable bonds is 2. The predicted octanol–water partition coefficient (Wildman–Crippen LogP) is 1.93. The van der Waals surface area contributed by atoms with Gasteiger partial charge in [-0.2, -0.15) is 0 Å². The summed E-state index contributed by atoms with van der Waals surface area (Å²) in [6.07, 6.45) is -1.65. The van der Waals surface area contributed by atoms with Gasteiger partial charge in [-0.25, -0.2) is 0 Å². The van der Waals surface area contributed by atoms with E-state index in [-0.39, 0.29) is 11.3 Å². The number of fused-ring (bicyclic) bond motifs is 3. The fourth-order valence-electron chi connectivity index (χ4n) is 7.63. The monoisotopic (exact) mass is 484 g/mol. The average Bonchev–Trinajstić information content (AvgIpc) is 2.75. The molecule has 2 saturated carbocycles. The molecule has 0 saturated heterocycles. The van der Waals surface area contributed by atoms with Gasteiger partial charge in [0.1, 0.15) is 17.5 Å². The highest BCUT2D eigenvalue weighted by atomic mass is 16.3. The summed E-state index contributed by atoms with van der Waals surface area (Å²) in [5.74, 6) is -11.0. The highest BCUT2D eigenvalue weighted by Crippen LogP contribution is 2.66. The number of benzene rings is 1. The Kier molecular flexibility index (Phi) is 5.37. The molecule has 8 heteroatoms. The Balaban J connectivity index is 2.10. The van der Waals surface area contributed by atoms with Gasteiger partial charge in [-0.3, -0.25) is 24.0 Å². The van der Waals surface area contributed by atoms with Crippen LogP contribution in [0.1, 0.15) is 68.9 Å². The Morgan fingerprint density at radius 2 is 1.63 bits per heavy atom. The van der Waals surface area contributed by atoms with Crippen molar-refractivity contribution in [3.63, 3.8) is 0 Å². The molecule has 4 rings (SSSR count). The number of Topliss-reactive ketones (excluding diaryl/α,β-unsaturated/α-hetero) is 5. The highest BCUT2D eigenvalue weighted by molar-refractivity contribution is 6.32. The van der Waals surface area contributed by atoms with E-state index in [1.165, 1.54) is 13.0 Å². The maximum absolute atomic E-state index is 14.2. The van der Waals surface area contributed by atoms with E-state index >= 15 is 0 Å². The SMILES string of the molecule is CC(=O)C1C(=O)C(C(C)C)[C@@]2(C)[C@H](O)[C@]3(C)C(C(=O)c4c(O)ccc(C)c4[C@H]3C)C(=O)[C@@]2(O)C1=O. The van der Waals surface area contributed by atoms with Gasteiger partial charge in [0.2, 0.25) is 0 Å². The van der Waals surface area contributed by atoms with Crippen LogP contribution in [-0.4, -0.2) is 55.9 Å². The largest absolute Gasteiger partial charge is 0.507 e. The van der Waals surface area contributed by atoms with E-state index in [0.717, 1.165) is 6.92 Å². The average molecular weight is 485 g/mol. The van der Waals surface area contributed by atoms with Crippen LogP contribution in [0, 0.1) is 41.4 Å². The van der Waals surface area contributed by atoms with Gasteiger partial charge in [0, 0.05) is 16.7 Å². The number of aliphatic hydroxyl groups is 2. The third-order valence-electron chi connectivity index (χ3n) is 9.42. The van der Waals surface area contributed by atoms with Gasteiger partial charge in [-0.1, -0.05) is 40.7 Å². The summed E-state index contributed by atoms with van der Waals surface area (Å²) < 4.78 is 0. The summed E-state index contributed by atoms with van der Waals surface area (Å²) in [5, 5.41) is 34.5. The summed E-state index contributed by atoms with van der Waals surface area (Å²) in [6, 6.07) is 2.98. The van der Waals surface area contributed by atoms with Crippen LogP contribution in [0.5, 0.6) is 5.75 Å². The maximum Gasteiger partial charge on any atom is 0.191 e. The van der Waals surface area contributed by atoms with Gasteiger partial charge in [0.25, 0.3) is 0 Å². The molecule has 1 aromatic rings. The van der Waals surface area contributed by atoms with Gasteiger partial charge in [-0.15, -0.1) is 0 Å². The predicted molar refractivity (Wildman–Crippen MR) is 124 cm³/mol. The van der Waals surface area contributed by atoms with Crippen LogP contribution in [0.2, 0.25) is 0 Å². The molecule has 0 radical (unpaired) electrons. The van der Waals surface area contributed by atoms with Crippen molar-refractivity contribution in [2.24, 2.45) is 34.5 Å². The fourth-order valence-corrected chi connectivity index (χ4v) is 7.63. The lowest BCUT2D eigenvalue weighted by Crippen LogP contribution is -2.82. The Bertz CT molecular complexity index is 1210. The van der Waals surface area contributed by atoms with E-state index < -0.39 is 81.0 Å². The van der Waals surface area contributed by atoms with Gasteiger partial charge < -0.3 is 15.3 Å². The first-order valence-electron chi connectivity index (χ1n) is 11.9. The van der Waals surface area contributed by atoms with Crippen LogP contribution >= 0.6 is 0 Å². The van der Waals surface area contributed by atoms with E-state index in [1.807, 2.05) is 0 Å². The second kappa shape index (κ2) is 7.40. The smallest absolute Gasteiger partial charge is 0.191 e. The Morgan fingerprint density at radius 1 is 1.06 bits per heavy atom. The van der Waals surface area contributed by atoms with Crippen molar-refractivity contribution in [2.75, 3.05) is 0 Å². The van der Waals surface area contributed by atoms with Crippen molar-refractivity contribution < 1.29 is 39.3 Å². The molecule has 0 aromatic heterocycles. The zero-order valence-corrected chi connectivity index (χ0v) is 21.0. The molecule has 3 aliphatic rings. The topological polar surface area (TPSA) is 146 Å². The van der Waals surface area contributed by atoms with Gasteiger partial charge in [0.05, 0.1) is 17.6 Å². The number of hydrogen-bond donors (Lipinski definition) is 3.